The van der Waals surface area contributed by atoms with E-state index < -0.39 is 0 Å². The van der Waals surface area contributed by atoms with Gasteiger partial charge in [-0.15, -0.1) is 0 Å². The molecular formula is C13H18N2. The number of benzene rings is 1. The summed E-state index contributed by atoms with van der Waals surface area (Å²) in [6, 6.07) is 8.31. The molecule has 0 atom stereocenters. The Balaban J connectivity index is 3.05. The normalized spacial score (nSPS) is 12.7. The van der Waals surface area contributed by atoms with Gasteiger partial charge in [-0.1, -0.05) is 45.0 Å². The second-order valence-corrected chi connectivity index (χ2v) is 4.53. The summed E-state index contributed by atoms with van der Waals surface area (Å²) < 4.78 is 0. The Bertz CT molecular complexity index is 367. The number of hydrogen-bond acceptors (Lipinski definition) is 1. The van der Waals surface area contributed by atoms with E-state index in [1.54, 1.807) is 7.05 Å². The lowest BCUT2D eigenvalue weighted by atomic mass is 9.86. The molecule has 0 spiro atoms. The monoisotopic (exact) mass is 202 g/mol. The van der Waals surface area contributed by atoms with Crippen molar-refractivity contribution in [3.05, 3.63) is 35.4 Å². The summed E-state index contributed by atoms with van der Waals surface area (Å²) in [6.45, 7) is 10.1. The van der Waals surface area contributed by atoms with Crippen molar-refractivity contribution in [1.82, 2.24) is 0 Å². The van der Waals surface area contributed by atoms with Gasteiger partial charge in [0.15, 0.2) is 5.84 Å². The first-order valence-corrected chi connectivity index (χ1v) is 5.03. The van der Waals surface area contributed by atoms with E-state index in [1.165, 1.54) is 5.56 Å². The van der Waals surface area contributed by atoms with Gasteiger partial charge in [0.05, 0.1) is 0 Å². The maximum absolute atomic E-state index is 4.06. The number of aliphatic imine (C=N–C) groups is 2. The fraction of sp³-hybridized carbons (Fsp3) is 0.385. The van der Waals surface area contributed by atoms with Crippen LogP contribution in [0.15, 0.2) is 34.3 Å². The number of rotatable bonds is 1. The maximum Gasteiger partial charge on any atom is 0.153 e. The molecule has 0 heterocycles. The van der Waals surface area contributed by atoms with Gasteiger partial charge in [-0.2, -0.15) is 0 Å². The predicted molar refractivity (Wildman–Crippen MR) is 67.2 cm³/mol. The van der Waals surface area contributed by atoms with Crippen LogP contribution in [-0.4, -0.2) is 19.6 Å². The van der Waals surface area contributed by atoms with Crippen LogP contribution in [0.4, 0.5) is 0 Å². The van der Waals surface area contributed by atoms with Crippen LogP contribution in [0.2, 0.25) is 0 Å². The van der Waals surface area contributed by atoms with Crippen LogP contribution in [0.25, 0.3) is 0 Å². The fourth-order valence-corrected chi connectivity index (χ4v) is 1.41. The molecule has 0 unspecified atom stereocenters. The van der Waals surface area contributed by atoms with Crippen LogP contribution in [-0.2, 0) is 5.41 Å². The van der Waals surface area contributed by atoms with Crippen molar-refractivity contribution in [2.75, 3.05) is 7.05 Å². The summed E-state index contributed by atoms with van der Waals surface area (Å²) in [7, 11) is 1.72. The molecule has 2 nitrogen and oxygen atoms in total. The summed E-state index contributed by atoms with van der Waals surface area (Å²) in [5.74, 6) is 0.690. The molecule has 0 saturated heterocycles. The third-order valence-corrected chi connectivity index (χ3v) is 2.37. The van der Waals surface area contributed by atoms with Crippen molar-refractivity contribution in [2.45, 2.75) is 26.2 Å². The van der Waals surface area contributed by atoms with Gasteiger partial charge in [0.25, 0.3) is 0 Å². The molecular weight excluding hydrogens is 184 g/mol. The molecule has 0 N–H and O–H groups in total. The van der Waals surface area contributed by atoms with Crippen LogP contribution in [0, 0.1) is 0 Å². The zero-order chi connectivity index (χ0) is 11.5. The topological polar surface area (TPSA) is 24.7 Å². The van der Waals surface area contributed by atoms with Gasteiger partial charge in [-0.3, -0.25) is 4.99 Å². The van der Waals surface area contributed by atoms with E-state index in [-0.39, 0.29) is 5.41 Å². The van der Waals surface area contributed by atoms with Crippen molar-refractivity contribution in [1.29, 1.82) is 0 Å². The Morgan fingerprint density at radius 1 is 1.13 bits per heavy atom. The minimum Gasteiger partial charge on any atom is -0.270 e. The highest BCUT2D eigenvalue weighted by atomic mass is 14.9. The lowest BCUT2D eigenvalue weighted by Crippen LogP contribution is -2.11. The number of hydrogen-bond donors (Lipinski definition) is 0. The van der Waals surface area contributed by atoms with Crippen molar-refractivity contribution >= 4 is 12.6 Å². The van der Waals surface area contributed by atoms with E-state index in [1.807, 2.05) is 12.1 Å². The van der Waals surface area contributed by atoms with Crippen molar-refractivity contribution in [3.8, 4) is 0 Å². The Morgan fingerprint density at radius 3 is 2.00 bits per heavy atom. The summed E-state index contributed by atoms with van der Waals surface area (Å²) in [6.07, 6.45) is 0. The van der Waals surface area contributed by atoms with Gasteiger partial charge in [0, 0.05) is 12.6 Å². The summed E-state index contributed by atoms with van der Waals surface area (Å²) in [5.41, 5.74) is 2.51. The predicted octanol–water partition coefficient (Wildman–Crippen LogP) is 3.06. The average molecular weight is 202 g/mol. The number of amidine groups is 1. The molecule has 0 fully saturated rings. The Labute approximate surface area is 91.8 Å². The van der Waals surface area contributed by atoms with Crippen molar-refractivity contribution in [2.24, 2.45) is 9.98 Å². The van der Waals surface area contributed by atoms with E-state index >= 15 is 0 Å². The van der Waals surface area contributed by atoms with Crippen LogP contribution in [0.3, 0.4) is 0 Å². The molecule has 0 saturated carbocycles. The zero-order valence-corrected chi connectivity index (χ0v) is 9.91. The maximum atomic E-state index is 4.06. The van der Waals surface area contributed by atoms with Crippen LogP contribution >= 0.6 is 0 Å². The van der Waals surface area contributed by atoms with E-state index in [0.29, 0.717) is 5.84 Å². The van der Waals surface area contributed by atoms with Gasteiger partial charge >= 0.3 is 0 Å². The van der Waals surface area contributed by atoms with E-state index in [2.05, 4.69) is 49.6 Å². The first-order valence-electron chi connectivity index (χ1n) is 5.03. The molecule has 80 valence electrons. The third-order valence-electron chi connectivity index (χ3n) is 2.37. The molecule has 2 heteroatoms. The lowest BCUT2D eigenvalue weighted by molar-refractivity contribution is 0.590. The minimum absolute atomic E-state index is 0.184. The second kappa shape index (κ2) is 4.39. The lowest BCUT2D eigenvalue weighted by Gasteiger charge is -2.19. The summed E-state index contributed by atoms with van der Waals surface area (Å²) >= 11 is 0. The van der Waals surface area contributed by atoms with Gasteiger partial charge in [-0.25, -0.2) is 4.99 Å². The smallest absolute Gasteiger partial charge is 0.153 e. The summed E-state index contributed by atoms with van der Waals surface area (Å²) in [4.78, 5) is 7.92. The molecule has 1 aromatic rings. The van der Waals surface area contributed by atoms with Gasteiger partial charge in [-0.05, 0) is 17.7 Å². The Morgan fingerprint density at radius 2 is 1.67 bits per heavy atom. The zero-order valence-electron chi connectivity index (χ0n) is 9.91. The molecule has 0 amide bonds. The van der Waals surface area contributed by atoms with Crippen molar-refractivity contribution < 1.29 is 0 Å². The number of nitrogens with zero attached hydrogens (tertiary/aromatic N) is 2. The molecule has 1 rings (SSSR count). The van der Waals surface area contributed by atoms with Gasteiger partial charge < -0.3 is 0 Å². The molecule has 0 bridgehead atoms. The van der Waals surface area contributed by atoms with Crippen LogP contribution < -0.4 is 0 Å². The average Bonchev–Trinajstić information content (AvgIpc) is 2.19. The highest BCUT2D eigenvalue weighted by Gasteiger charge is 2.13. The van der Waals surface area contributed by atoms with E-state index in [0.717, 1.165) is 5.56 Å². The van der Waals surface area contributed by atoms with E-state index in [9.17, 15) is 0 Å². The second-order valence-electron chi connectivity index (χ2n) is 4.53. The van der Waals surface area contributed by atoms with Gasteiger partial charge in [0.1, 0.15) is 0 Å². The fourth-order valence-electron chi connectivity index (χ4n) is 1.41. The summed E-state index contributed by atoms with van der Waals surface area (Å²) in [5, 5.41) is 0. The molecule has 0 aliphatic rings. The van der Waals surface area contributed by atoms with E-state index in [4.69, 9.17) is 0 Å². The standard InChI is InChI=1S/C13H18N2/c1-13(2,3)11-8-6-10(7-9-11)12(14-4)15-5/h6-9H,4H2,1-3,5H3. The quantitative estimate of drug-likeness (QED) is 0.494. The Kier molecular flexibility index (Phi) is 3.40. The molecule has 0 aliphatic heterocycles. The minimum atomic E-state index is 0.184. The SMILES string of the molecule is C=NC(=NC)c1ccc(C(C)(C)C)cc1. The molecule has 15 heavy (non-hydrogen) atoms. The highest BCUT2D eigenvalue weighted by molar-refractivity contribution is 6.01. The molecule has 0 aliphatic carbocycles. The first kappa shape index (κ1) is 11.6. The van der Waals surface area contributed by atoms with Crippen LogP contribution in [0.1, 0.15) is 31.9 Å². The first-order chi connectivity index (χ1) is 6.99. The van der Waals surface area contributed by atoms with Gasteiger partial charge in [0.2, 0.25) is 0 Å². The Hall–Kier alpha value is -1.44. The largest absolute Gasteiger partial charge is 0.270 e. The third kappa shape index (κ3) is 2.75. The molecule has 1 aromatic carbocycles. The molecule has 0 aromatic heterocycles. The molecule has 0 radical (unpaired) electrons. The van der Waals surface area contributed by atoms with Crippen molar-refractivity contribution in [3.63, 3.8) is 0 Å². The highest BCUT2D eigenvalue weighted by Crippen LogP contribution is 2.22. The van der Waals surface area contributed by atoms with Crippen LogP contribution in [0.5, 0.6) is 0 Å².